The lowest BCUT2D eigenvalue weighted by Crippen LogP contribution is -2.08. The highest BCUT2D eigenvalue weighted by Crippen LogP contribution is 2.14. The highest BCUT2D eigenvalue weighted by atomic mass is 16.5. The Hall–Kier alpha value is -2.59. The minimum Gasteiger partial charge on any atom is -0.494 e. The van der Waals surface area contributed by atoms with Crippen molar-refractivity contribution in [3.8, 4) is 5.75 Å². The van der Waals surface area contributed by atoms with E-state index in [-0.39, 0.29) is 18.1 Å². The van der Waals surface area contributed by atoms with Crippen molar-refractivity contribution in [1.29, 1.82) is 0 Å². The summed E-state index contributed by atoms with van der Waals surface area (Å²) in [6, 6.07) is 6.31. The van der Waals surface area contributed by atoms with Crippen molar-refractivity contribution in [1.82, 2.24) is 0 Å². The molecule has 4 nitrogen and oxygen atoms in total. The molecule has 0 spiro atoms. The van der Waals surface area contributed by atoms with Gasteiger partial charge in [-0.15, -0.1) is 0 Å². The molecule has 0 heterocycles. The van der Waals surface area contributed by atoms with Crippen molar-refractivity contribution in [2.75, 3.05) is 13.2 Å². The van der Waals surface area contributed by atoms with E-state index in [0.717, 1.165) is 19.3 Å². The monoisotopic (exact) mass is 370 g/mol. The van der Waals surface area contributed by atoms with Crippen LogP contribution in [0.5, 0.6) is 5.75 Å². The number of rotatable bonds is 13. The van der Waals surface area contributed by atoms with Gasteiger partial charge in [-0.25, -0.2) is 4.79 Å². The summed E-state index contributed by atoms with van der Waals surface area (Å²) in [5.74, 6) is -0.307. The van der Waals surface area contributed by atoms with E-state index in [2.05, 4.69) is 25.2 Å². The number of carboxylic acid groups (broad SMARTS) is 1. The number of benzene rings is 1. The van der Waals surface area contributed by atoms with Crippen LogP contribution < -0.4 is 4.74 Å². The van der Waals surface area contributed by atoms with Gasteiger partial charge in [-0.05, 0) is 49.9 Å². The summed E-state index contributed by atoms with van der Waals surface area (Å²) in [6.45, 7) is 2.65. The molecule has 0 radical (unpaired) electrons. The number of carbonyl (C=O) groups is 1. The van der Waals surface area contributed by atoms with E-state index in [1.807, 2.05) is 30.4 Å². The SMILES string of the molecule is CC/C=C\CC/C=C/C=C\C=C\[C@@H](CO)CCOc1ccc(C(=O)O)cc1. The molecular weight excluding hydrogens is 340 g/mol. The first-order valence-corrected chi connectivity index (χ1v) is 9.39. The summed E-state index contributed by atoms with van der Waals surface area (Å²) in [5, 5.41) is 18.3. The molecule has 0 aliphatic rings. The predicted molar refractivity (Wildman–Crippen MR) is 110 cm³/mol. The number of hydrogen-bond donors (Lipinski definition) is 2. The van der Waals surface area contributed by atoms with Gasteiger partial charge in [0.15, 0.2) is 0 Å². The molecule has 0 fully saturated rings. The molecule has 0 aliphatic heterocycles. The van der Waals surface area contributed by atoms with Gasteiger partial charge in [0.2, 0.25) is 0 Å². The molecule has 146 valence electrons. The van der Waals surface area contributed by atoms with Crippen LogP contribution in [0.1, 0.15) is 43.0 Å². The third-order valence-electron chi connectivity index (χ3n) is 3.85. The first kappa shape index (κ1) is 22.5. The van der Waals surface area contributed by atoms with Crippen LogP contribution in [0, 0.1) is 5.92 Å². The number of aromatic carboxylic acids is 1. The van der Waals surface area contributed by atoms with E-state index in [4.69, 9.17) is 9.84 Å². The third-order valence-corrected chi connectivity index (χ3v) is 3.85. The fourth-order valence-electron chi connectivity index (χ4n) is 2.27. The quantitative estimate of drug-likeness (QED) is 0.285. The lowest BCUT2D eigenvalue weighted by atomic mass is 10.1. The Morgan fingerprint density at radius 2 is 1.74 bits per heavy atom. The van der Waals surface area contributed by atoms with Gasteiger partial charge in [-0.1, -0.05) is 55.5 Å². The Balaban J connectivity index is 2.27. The molecule has 0 aromatic heterocycles. The number of unbranched alkanes of at least 4 members (excludes halogenated alkanes) is 1. The van der Waals surface area contributed by atoms with Crippen LogP contribution in [-0.2, 0) is 0 Å². The van der Waals surface area contributed by atoms with Gasteiger partial charge in [0.05, 0.1) is 12.2 Å². The van der Waals surface area contributed by atoms with Gasteiger partial charge < -0.3 is 14.9 Å². The molecular formula is C23H30O4. The third kappa shape index (κ3) is 10.9. The van der Waals surface area contributed by atoms with Crippen LogP contribution in [0.15, 0.2) is 72.9 Å². The first-order chi connectivity index (χ1) is 13.2. The zero-order valence-electron chi connectivity index (χ0n) is 16.0. The average Bonchev–Trinajstić information content (AvgIpc) is 2.68. The number of aliphatic hydroxyl groups is 1. The highest BCUT2D eigenvalue weighted by Gasteiger charge is 2.05. The van der Waals surface area contributed by atoms with Gasteiger partial charge in [0, 0.05) is 12.5 Å². The van der Waals surface area contributed by atoms with Crippen molar-refractivity contribution in [3.63, 3.8) is 0 Å². The highest BCUT2D eigenvalue weighted by molar-refractivity contribution is 5.87. The van der Waals surface area contributed by atoms with Crippen LogP contribution in [0.25, 0.3) is 0 Å². The number of carboxylic acids is 1. The van der Waals surface area contributed by atoms with Crippen LogP contribution in [-0.4, -0.2) is 29.4 Å². The van der Waals surface area contributed by atoms with E-state index >= 15 is 0 Å². The molecule has 1 rings (SSSR count). The largest absolute Gasteiger partial charge is 0.494 e. The minimum absolute atomic E-state index is 0.0242. The molecule has 0 saturated heterocycles. The van der Waals surface area contributed by atoms with Crippen molar-refractivity contribution < 1.29 is 19.7 Å². The van der Waals surface area contributed by atoms with Crippen LogP contribution in [0.3, 0.4) is 0 Å². The maximum absolute atomic E-state index is 10.8. The molecule has 1 atom stereocenters. The van der Waals surface area contributed by atoms with Gasteiger partial charge in [0.25, 0.3) is 0 Å². The topological polar surface area (TPSA) is 66.8 Å². The maximum Gasteiger partial charge on any atom is 0.335 e. The van der Waals surface area contributed by atoms with E-state index in [9.17, 15) is 9.90 Å². The summed E-state index contributed by atoms with van der Waals surface area (Å²) >= 11 is 0. The lowest BCUT2D eigenvalue weighted by Gasteiger charge is -2.10. The molecule has 4 heteroatoms. The fourth-order valence-corrected chi connectivity index (χ4v) is 2.27. The minimum atomic E-state index is -0.955. The maximum atomic E-state index is 10.8. The summed E-state index contributed by atoms with van der Waals surface area (Å²) in [7, 11) is 0. The number of hydrogen-bond acceptors (Lipinski definition) is 3. The standard InChI is InChI=1S/C23H30O4/c1-2-3-4-5-6-7-8-9-10-11-12-20(19-24)17-18-27-22-15-13-21(14-16-22)23(25)26/h3-4,7-16,20,24H,2,5-6,17-19H2,1H3,(H,25,26)/b4-3-,8-7+,10-9-,12-11+/t20-/m1/s1. The lowest BCUT2D eigenvalue weighted by molar-refractivity contribution is 0.0697. The number of aliphatic hydroxyl groups excluding tert-OH is 1. The van der Waals surface area contributed by atoms with Crippen LogP contribution in [0.2, 0.25) is 0 Å². The van der Waals surface area contributed by atoms with E-state index < -0.39 is 5.97 Å². The zero-order valence-corrected chi connectivity index (χ0v) is 16.0. The van der Waals surface area contributed by atoms with Gasteiger partial charge in [0.1, 0.15) is 5.75 Å². The second-order valence-electron chi connectivity index (χ2n) is 6.06. The fraction of sp³-hybridized carbons (Fsp3) is 0.348. The molecule has 0 aliphatic carbocycles. The average molecular weight is 370 g/mol. The molecule has 0 bridgehead atoms. The number of allylic oxidation sites excluding steroid dienone is 7. The summed E-state index contributed by atoms with van der Waals surface area (Å²) in [5.41, 5.74) is 0.233. The van der Waals surface area contributed by atoms with E-state index in [1.54, 1.807) is 12.1 Å². The van der Waals surface area contributed by atoms with Gasteiger partial charge in [-0.3, -0.25) is 0 Å². The van der Waals surface area contributed by atoms with Gasteiger partial charge >= 0.3 is 5.97 Å². The zero-order chi connectivity index (χ0) is 19.7. The molecule has 1 aromatic rings. The Morgan fingerprint density at radius 3 is 2.41 bits per heavy atom. The molecule has 1 aromatic carbocycles. The first-order valence-electron chi connectivity index (χ1n) is 9.39. The van der Waals surface area contributed by atoms with Crippen LogP contribution in [0.4, 0.5) is 0 Å². The molecule has 0 unspecified atom stereocenters. The van der Waals surface area contributed by atoms with Crippen molar-refractivity contribution in [2.24, 2.45) is 5.92 Å². The Labute approximate surface area is 162 Å². The molecule has 0 saturated carbocycles. The molecule has 27 heavy (non-hydrogen) atoms. The van der Waals surface area contributed by atoms with E-state index in [1.165, 1.54) is 12.1 Å². The summed E-state index contributed by atoms with van der Waals surface area (Å²) < 4.78 is 5.60. The summed E-state index contributed by atoms with van der Waals surface area (Å²) in [4.78, 5) is 10.8. The van der Waals surface area contributed by atoms with Crippen molar-refractivity contribution >= 4 is 5.97 Å². The summed E-state index contributed by atoms with van der Waals surface area (Å²) in [6.07, 6.45) is 20.2. The van der Waals surface area contributed by atoms with Crippen molar-refractivity contribution in [2.45, 2.75) is 32.6 Å². The smallest absolute Gasteiger partial charge is 0.335 e. The van der Waals surface area contributed by atoms with Crippen molar-refractivity contribution in [3.05, 3.63) is 78.4 Å². The normalized spacial score (nSPS) is 13.3. The van der Waals surface area contributed by atoms with Gasteiger partial charge in [-0.2, -0.15) is 0 Å². The molecule has 2 N–H and O–H groups in total. The Morgan fingerprint density at radius 1 is 1.04 bits per heavy atom. The second kappa shape index (κ2) is 14.6. The number of ether oxygens (including phenoxy) is 1. The second-order valence-corrected chi connectivity index (χ2v) is 6.06. The Kier molecular flexibility index (Phi) is 12.1. The molecule has 0 amide bonds. The van der Waals surface area contributed by atoms with Crippen LogP contribution >= 0.6 is 0 Å². The Bertz CT molecular complexity index is 639. The predicted octanol–water partition coefficient (Wildman–Crippen LogP) is 5.18. The van der Waals surface area contributed by atoms with E-state index in [0.29, 0.717) is 18.8 Å².